The Morgan fingerprint density at radius 3 is 2.62 bits per heavy atom. The van der Waals surface area contributed by atoms with Gasteiger partial charge in [-0.05, 0) is 32.0 Å². The number of fused-ring (bicyclic) bond motifs is 1. The van der Waals surface area contributed by atoms with E-state index in [0.717, 1.165) is 5.52 Å². The number of aryl methyl sites for hydroxylation is 1. The fourth-order valence-electron chi connectivity index (χ4n) is 1.97. The van der Waals surface area contributed by atoms with Gasteiger partial charge in [-0.15, -0.1) is 0 Å². The van der Waals surface area contributed by atoms with Crippen molar-refractivity contribution in [1.29, 1.82) is 0 Å². The molecule has 0 saturated carbocycles. The molecule has 0 aliphatic heterocycles. The predicted octanol–water partition coefficient (Wildman–Crippen LogP) is 1.56. The number of rotatable bonds is 2. The Balaban J connectivity index is 2.85. The summed E-state index contributed by atoms with van der Waals surface area (Å²) in [4.78, 5) is 23.2. The van der Waals surface area contributed by atoms with Crippen LogP contribution in [0.1, 0.15) is 24.2 Å². The molecule has 1 aromatic heterocycles. The Kier molecular flexibility index (Phi) is 2.42. The van der Waals surface area contributed by atoms with E-state index in [2.05, 4.69) is 0 Å². The SMILES string of the molecule is CCn1c(=O)c2cc(C(C)=O)ccc2n1C. The lowest BCUT2D eigenvalue weighted by molar-refractivity contribution is 0.101. The lowest BCUT2D eigenvalue weighted by atomic mass is 10.1. The maximum Gasteiger partial charge on any atom is 0.274 e. The molecule has 4 heteroatoms. The van der Waals surface area contributed by atoms with Crippen molar-refractivity contribution in [3.8, 4) is 0 Å². The Labute approximate surface area is 93.1 Å². The highest BCUT2D eigenvalue weighted by Gasteiger charge is 2.10. The Bertz CT molecular complexity index is 620. The largest absolute Gasteiger partial charge is 0.295 e. The molecule has 0 bridgehead atoms. The molecule has 2 rings (SSSR count). The number of Topliss-reactive ketones (excluding diaryl/α,β-unsaturated/α-hetero) is 1. The molecule has 1 aromatic carbocycles. The molecule has 0 aliphatic rings. The summed E-state index contributed by atoms with van der Waals surface area (Å²) in [5, 5.41) is 0.608. The number of carbonyl (C=O) groups is 1. The van der Waals surface area contributed by atoms with Crippen LogP contribution in [-0.2, 0) is 13.6 Å². The third-order valence-corrected chi connectivity index (χ3v) is 2.88. The maximum atomic E-state index is 12.0. The number of hydrogen-bond acceptors (Lipinski definition) is 2. The first-order valence-corrected chi connectivity index (χ1v) is 5.26. The van der Waals surface area contributed by atoms with Crippen LogP contribution in [0.5, 0.6) is 0 Å². The molecule has 2 aromatic rings. The van der Waals surface area contributed by atoms with Gasteiger partial charge in [-0.3, -0.25) is 19.0 Å². The zero-order valence-electron chi connectivity index (χ0n) is 9.65. The van der Waals surface area contributed by atoms with Gasteiger partial charge in [-0.25, -0.2) is 0 Å². The van der Waals surface area contributed by atoms with E-state index in [1.807, 2.05) is 24.7 Å². The first-order chi connectivity index (χ1) is 7.56. The normalized spacial score (nSPS) is 10.9. The smallest absolute Gasteiger partial charge is 0.274 e. The number of benzene rings is 1. The number of hydrogen-bond donors (Lipinski definition) is 0. The molecule has 84 valence electrons. The number of ketones is 1. The van der Waals surface area contributed by atoms with Gasteiger partial charge in [0.2, 0.25) is 0 Å². The van der Waals surface area contributed by atoms with Crippen molar-refractivity contribution >= 4 is 16.7 Å². The van der Waals surface area contributed by atoms with Crippen LogP contribution in [-0.4, -0.2) is 15.1 Å². The van der Waals surface area contributed by atoms with Crippen LogP contribution in [0.3, 0.4) is 0 Å². The highest BCUT2D eigenvalue weighted by atomic mass is 16.1. The van der Waals surface area contributed by atoms with Gasteiger partial charge < -0.3 is 0 Å². The monoisotopic (exact) mass is 218 g/mol. The standard InChI is InChI=1S/C12H14N2O2/c1-4-14-12(16)10-7-9(8(2)15)5-6-11(10)13(14)3/h5-7H,4H2,1-3H3. The molecule has 0 spiro atoms. The highest BCUT2D eigenvalue weighted by molar-refractivity contribution is 5.97. The van der Waals surface area contributed by atoms with Gasteiger partial charge in [0.15, 0.2) is 5.78 Å². The summed E-state index contributed by atoms with van der Waals surface area (Å²) in [5.74, 6) is -0.0202. The summed E-state index contributed by atoms with van der Waals surface area (Å²) in [6.07, 6.45) is 0. The molecular weight excluding hydrogens is 204 g/mol. The second-order valence-corrected chi connectivity index (χ2v) is 3.83. The van der Waals surface area contributed by atoms with Crippen LogP contribution in [0.2, 0.25) is 0 Å². The summed E-state index contributed by atoms with van der Waals surface area (Å²) >= 11 is 0. The average molecular weight is 218 g/mol. The number of nitrogens with zero attached hydrogens (tertiary/aromatic N) is 2. The van der Waals surface area contributed by atoms with E-state index in [4.69, 9.17) is 0 Å². The fraction of sp³-hybridized carbons (Fsp3) is 0.333. The predicted molar refractivity (Wildman–Crippen MR) is 62.9 cm³/mol. The zero-order chi connectivity index (χ0) is 11.9. The lowest BCUT2D eigenvalue weighted by Gasteiger charge is -2.03. The van der Waals surface area contributed by atoms with E-state index < -0.39 is 0 Å². The Hall–Kier alpha value is -1.84. The summed E-state index contributed by atoms with van der Waals surface area (Å²) in [5.41, 5.74) is 1.40. The van der Waals surface area contributed by atoms with Crippen molar-refractivity contribution in [3.05, 3.63) is 34.1 Å². The summed E-state index contributed by atoms with van der Waals surface area (Å²) in [6.45, 7) is 4.05. The minimum Gasteiger partial charge on any atom is -0.295 e. The van der Waals surface area contributed by atoms with Gasteiger partial charge in [-0.1, -0.05) is 0 Å². The van der Waals surface area contributed by atoms with E-state index in [9.17, 15) is 9.59 Å². The van der Waals surface area contributed by atoms with E-state index in [1.54, 1.807) is 16.8 Å². The maximum absolute atomic E-state index is 12.0. The van der Waals surface area contributed by atoms with Crippen molar-refractivity contribution in [3.63, 3.8) is 0 Å². The van der Waals surface area contributed by atoms with Gasteiger partial charge in [0.1, 0.15) is 0 Å². The van der Waals surface area contributed by atoms with E-state index in [0.29, 0.717) is 17.5 Å². The molecule has 0 atom stereocenters. The molecular formula is C12H14N2O2. The Morgan fingerprint density at radius 2 is 2.06 bits per heavy atom. The molecule has 0 fully saturated rings. The average Bonchev–Trinajstić information content (AvgIpc) is 2.51. The summed E-state index contributed by atoms with van der Waals surface area (Å²) in [7, 11) is 1.85. The molecule has 16 heavy (non-hydrogen) atoms. The molecule has 0 aliphatic carbocycles. The molecule has 4 nitrogen and oxygen atoms in total. The van der Waals surface area contributed by atoms with Crippen LogP contribution in [0.15, 0.2) is 23.0 Å². The second-order valence-electron chi connectivity index (χ2n) is 3.83. The van der Waals surface area contributed by atoms with Crippen molar-refractivity contribution < 1.29 is 4.79 Å². The minimum atomic E-state index is -0.0388. The van der Waals surface area contributed by atoms with Crippen molar-refractivity contribution in [1.82, 2.24) is 9.36 Å². The summed E-state index contributed by atoms with van der Waals surface area (Å²) in [6, 6.07) is 5.25. The summed E-state index contributed by atoms with van der Waals surface area (Å²) < 4.78 is 3.47. The number of aromatic nitrogens is 2. The highest BCUT2D eigenvalue weighted by Crippen LogP contribution is 2.13. The van der Waals surface area contributed by atoms with E-state index in [1.165, 1.54) is 6.92 Å². The molecule has 0 amide bonds. The topological polar surface area (TPSA) is 44.0 Å². The van der Waals surface area contributed by atoms with Crippen molar-refractivity contribution in [2.75, 3.05) is 0 Å². The third-order valence-electron chi connectivity index (χ3n) is 2.88. The molecule has 0 N–H and O–H groups in total. The minimum absolute atomic E-state index is 0.0202. The zero-order valence-corrected chi connectivity index (χ0v) is 9.65. The number of carbonyl (C=O) groups excluding carboxylic acids is 1. The molecule has 0 saturated heterocycles. The third kappa shape index (κ3) is 1.38. The van der Waals surface area contributed by atoms with Crippen LogP contribution in [0.4, 0.5) is 0 Å². The van der Waals surface area contributed by atoms with Gasteiger partial charge >= 0.3 is 0 Å². The lowest BCUT2D eigenvalue weighted by Crippen LogP contribution is -2.19. The van der Waals surface area contributed by atoms with Crippen LogP contribution >= 0.6 is 0 Å². The van der Waals surface area contributed by atoms with Crippen LogP contribution in [0, 0.1) is 0 Å². The van der Waals surface area contributed by atoms with Gasteiger partial charge in [0, 0.05) is 19.2 Å². The molecule has 0 unspecified atom stereocenters. The van der Waals surface area contributed by atoms with Gasteiger partial charge in [0.25, 0.3) is 5.56 Å². The van der Waals surface area contributed by atoms with Gasteiger partial charge in [-0.2, -0.15) is 0 Å². The molecule has 0 radical (unpaired) electrons. The van der Waals surface area contributed by atoms with Crippen molar-refractivity contribution in [2.45, 2.75) is 20.4 Å². The fourth-order valence-corrected chi connectivity index (χ4v) is 1.97. The van der Waals surface area contributed by atoms with Crippen LogP contribution in [0.25, 0.3) is 10.9 Å². The van der Waals surface area contributed by atoms with Crippen molar-refractivity contribution in [2.24, 2.45) is 7.05 Å². The molecule has 1 heterocycles. The first-order valence-electron chi connectivity index (χ1n) is 5.26. The first kappa shape index (κ1) is 10.7. The quantitative estimate of drug-likeness (QED) is 0.718. The Morgan fingerprint density at radius 1 is 1.38 bits per heavy atom. The van der Waals surface area contributed by atoms with E-state index >= 15 is 0 Å². The van der Waals surface area contributed by atoms with Gasteiger partial charge in [0.05, 0.1) is 10.9 Å². The van der Waals surface area contributed by atoms with Crippen LogP contribution < -0.4 is 5.56 Å². The van der Waals surface area contributed by atoms with E-state index in [-0.39, 0.29) is 11.3 Å². The second kappa shape index (κ2) is 3.63.